The predicted molar refractivity (Wildman–Crippen MR) is 85.9 cm³/mol. The monoisotopic (exact) mass is 276 g/mol. The summed E-state index contributed by atoms with van der Waals surface area (Å²) in [5, 5.41) is 0. The second-order valence-electron chi connectivity index (χ2n) is 7.41. The Morgan fingerprint density at radius 1 is 1.00 bits per heavy atom. The van der Waals surface area contributed by atoms with Crippen LogP contribution in [0.1, 0.15) is 51.9 Å². The van der Waals surface area contributed by atoms with Gasteiger partial charge in [0.05, 0.1) is 0 Å². The van der Waals surface area contributed by atoms with Crippen molar-refractivity contribution in [1.29, 1.82) is 0 Å². The summed E-state index contributed by atoms with van der Waals surface area (Å²) in [7, 11) is 0. The van der Waals surface area contributed by atoms with Crippen LogP contribution in [0.2, 0.25) is 0 Å². The number of piperazine rings is 1. The van der Waals surface area contributed by atoms with Gasteiger partial charge < -0.3 is 4.90 Å². The van der Waals surface area contributed by atoms with Crippen LogP contribution in [-0.2, 0) is 0 Å². The first kappa shape index (κ1) is 14.6. The highest BCUT2D eigenvalue weighted by atomic mass is 15.3. The van der Waals surface area contributed by atoms with Crippen molar-refractivity contribution in [3.63, 3.8) is 0 Å². The summed E-state index contributed by atoms with van der Waals surface area (Å²) in [6.45, 7) is 9.05. The summed E-state index contributed by atoms with van der Waals surface area (Å²) < 4.78 is 0. The minimum absolute atomic E-state index is 0.901. The lowest BCUT2D eigenvalue weighted by Crippen LogP contribution is -2.52. The summed E-state index contributed by atoms with van der Waals surface area (Å²) in [4.78, 5) is 5.53. The van der Waals surface area contributed by atoms with Gasteiger partial charge in [0.25, 0.3) is 0 Å². The fourth-order valence-electron chi connectivity index (χ4n) is 4.43. The molecule has 20 heavy (non-hydrogen) atoms. The zero-order chi connectivity index (χ0) is 13.8. The molecule has 2 nitrogen and oxygen atoms in total. The van der Waals surface area contributed by atoms with E-state index in [0.717, 1.165) is 17.9 Å². The maximum Gasteiger partial charge on any atom is 0.0113 e. The Balaban J connectivity index is 1.41. The van der Waals surface area contributed by atoms with Crippen LogP contribution < -0.4 is 0 Å². The highest BCUT2D eigenvalue weighted by Gasteiger charge is 2.28. The Hall–Kier alpha value is -0.340. The molecule has 2 aliphatic carbocycles. The highest BCUT2D eigenvalue weighted by Crippen LogP contribution is 2.28. The zero-order valence-corrected chi connectivity index (χ0v) is 13.3. The molecule has 2 fully saturated rings. The maximum absolute atomic E-state index is 2.80. The van der Waals surface area contributed by atoms with Gasteiger partial charge in [0.15, 0.2) is 0 Å². The molecule has 3 atom stereocenters. The highest BCUT2D eigenvalue weighted by molar-refractivity contribution is 4.91. The molecule has 3 aliphatic rings. The lowest BCUT2D eigenvalue weighted by atomic mass is 9.86. The Morgan fingerprint density at radius 3 is 2.55 bits per heavy atom. The van der Waals surface area contributed by atoms with Crippen LogP contribution >= 0.6 is 0 Å². The third-order valence-corrected chi connectivity index (χ3v) is 5.73. The summed E-state index contributed by atoms with van der Waals surface area (Å²) in [6, 6.07) is 0.901. The SMILES string of the molecule is C[C@H]1CCC[C@@H](N2CCN(C[C@@H]3CC=CCC3)CC2)C1. The molecule has 1 saturated carbocycles. The van der Waals surface area contributed by atoms with Gasteiger partial charge in [-0.2, -0.15) is 0 Å². The molecule has 0 aromatic heterocycles. The second kappa shape index (κ2) is 7.09. The molecule has 0 aromatic rings. The molecular formula is C18H32N2. The molecule has 114 valence electrons. The molecule has 3 rings (SSSR count). The quantitative estimate of drug-likeness (QED) is 0.728. The molecule has 0 spiro atoms. The van der Waals surface area contributed by atoms with E-state index in [0.29, 0.717) is 0 Å². The van der Waals surface area contributed by atoms with Gasteiger partial charge >= 0.3 is 0 Å². The van der Waals surface area contributed by atoms with E-state index in [2.05, 4.69) is 28.9 Å². The number of rotatable bonds is 3. The van der Waals surface area contributed by atoms with Crippen molar-refractivity contribution >= 4 is 0 Å². The Bertz CT molecular complexity index is 317. The molecule has 0 amide bonds. The van der Waals surface area contributed by atoms with E-state index in [4.69, 9.17) is 0 Å². The third kappa shape index (κ3) is 3.85. The lowest BCUT2D eigenvalue weighted by molar-refractivity contribution is 0.0613. The van der Waals surface area contributed by atoms with E-state index in [1.807, 2.05) is 0 Å². The Labute approximate surface area is 125 Å². The van der Waals surface area contributed by atoms with Crippen molar-refractivity contribution in [2.45, 2.75) is 57.9 Å². The van der Waals surface area contributed by atoms with Gasteiger partial charge in [0.2, 0.25) is 0 Å². The number of allylic oxidation sites excluding steroid dienone is 2. The molecule has 1 heterocycles. The van der Waals surface area contributed by atoms with Gasteiger partial charge in [-0.05, 0) is 43.9 Å². The molecule has 1 aliphatic heterocycles. The van der Waals surface area contributed by atoms with E-state index in [9.17, 15) is 0 Å². The van der Waals surface area contributed by atoms with Crippen LogP contribution in [0.25, 0.3) is 0 Å². The normalized spacial score (nSPS) is 37.1. The van der Waals surface area contributed by atoms with Gasteiger partial charge in [0.1, 0.15) is 0 Å². The third-order valence-electron chi connectivity index (χ3n) is 5.73. The molecule has 0 bridgehead atoms. The van der Waals surface area contributed by atoms with E-state index >= 15 is 0 Å². The van der Waals surface area contributed by atoms with Crippen molar-refractivity contribution in [2.24, 2.45) is 11.8 Å². The summed E-state index contributed by atoms with van der Waals surface area (Å²) in [5.41, 5.74) is 0. The largest absolute Gasteiger partial charge is 0.301 e. The Morgan fingerprint density at radius 2 is 1.85 bits per heavy atom. The first-order valence-corrected chi connectivity index (χ1v) is 8.92. The van der Waals surface area contributed by atoms with Crippen molar-refractivity contribution in [3.8, 4) is 0 Å². The van der Waals surface area contributed by atoms with Crippen LogP contribution in [0.5, 0.6) is 0 Å². The minimum atomic E-state index is 0.901. The van der Waals surface area contributed by atoms with Crippen LogP contribution in [0.15, 0.2) is 12.2 Å². The first-order valence-electron chi connectivity index (χ1n) is 8.92. The van der Waals surface area contributed by atoms with Crippen molar-refractivity contribution in [1.82, 2.24) is 9.80 Å². The smallest absolute Gasteiger partial charge is 0.0113 e. The number of hydrogen-bond acceptors (Lipinski definition) is 2. The van der Waals surface area contributed by atoms with E-state index < -0.39 is 0 Å². The Kier molecular flexibility index (Phi) is 5.17. The number of hydrogen-bond donors (Lipinski definition) is 0. The van der Waals surface area contributed by atoms with Gasteiger partial charge in [-0.3, -0.25) is 4.90 Å². The van der Waals surface area contributed by atoms with Gasteiger partial charge in [-0.15, -0.1) is 0 Å². The van der Waals surface area contributed by atoms with Crippen molar-refractivity contribution in [3.05, 3.63) is 12.2 Å². The van der Waals surface area contributed by atoms with Gasteiger partial charge in [0, 0.05) is 38.8 Å². The fourth-order valence-corrected chi connectivity index (χ4v) is 4.43. The maximum atomic E-state index is 2.80. The summed E-state index contributed by atoms with van der Waals surface area (Å²) >= 11 is 0. The molecule has 0 radical (unpaired) electrons. The average Bonchev–Trinajstić information content (AvgIpc) is 2.49. The lowest BCUT2D eigenvalue weighted by Gasteiger charge is -2.42. The standard InChI is InChI=1S/C18H32N2/c1-16-6-5-9-18(14-16)20-12-10-19(11-13-20)15-17-7-3-2-4-8-17/h2-3,16-18H,4-15H2,1H3/t16-,17+,18+/m0/s1. The van der Waals surface area contributed by atoms with Crippen LogP contribution in [0, 0.1) is 11.8 Å². The zero-order valence-electron chi connectivity index (χ0n) is 13.3. The van der Waals surface area contributed by atoms with Crippen molar-refractivity contribution < 1.29 is 0 Å². The molecule has 0 aromatic carbocycles. The minimum Gasteiger partial charge on any atom is -0.301 e. The average molecular weight is 276 g/mol. The number of nitrogens with zero attached hydrogens (tertiary/aromatic N) is 2. The molecule has 2 heteroatoms. The van der Waals surface area contributed by atoms with E-state index in [-0.39, 0.29) is 0 Å². The predicted octanol–water partition coefficient (Wildman–Crippen LogP) is 3.54. The molecule has 0 unspecified atom stereocenters. The van der Waals surface area contributed by atoms with E-state index in [1.54, 1.807) is 0 Å². The van der Waals surface area contributed by atoms with Gasteiger partial charge in [-0.25, -0.2) is 0 Å². The summed E-state index contributed by atoms with van der Waals surface area (Å²) in [6.07, 6.45) is 14.6. The fraction of sp³-hybridized carbons (Fsp3) is 0.889. The van der Waals surface area contributed by atoms with Crippen LogP contribution in [0.4, 0.5) is 0 Å². The van der Waals surface area contributed by atoms with E-state index in [1.165, 1.54) is 77.7 Å². The van der Waals surface area contributed by atoms with Crippen molar-refractivity contribution in [2.75, 3.05) is 32.7 Å². The second-order valence-corrected chi connectivity index (χ2v) is 7.41. The topological polar surface area (TPSA) is 6.48 Å². The molecular weight excluding hydrogens is 244 g/mol. The van der Waals surface area contributed by atoms with Gasteiger partial charge in [-0.1, -0.05) is 31.9 Å². The molecule has 1 saturated heterocycles. The van der Waals surface area contributed by atoms with Crippen LogP contribution in [-0.4, -0.2) is 48.6 Å². The molecule has 0 N–H and O–H groups in total. The van der Waals surface area contributed by atoms with Crippen LogP contribution in [0.3, 0.4) is 0 Å². The first-order chi connectivity index (χ1) is 9.81. The summed E-state index contributed by atoms with van der Waals surface area (Å²) in [5.74, 6) is 1.89.